The van der Waals surface area contributed by atoms with Crippen molar-refractivity contribution in [2.45, 2.75) is 33.2 Å². The third kappa shape index (κ3) is 3.73. The van der Waals surface area contributed by atoms with Gasteiger partial charge in [0.2, 0.25) is 12.7 Å². The molecule has 0 bridgehead atoms. The quantitative estimate of drug-likeness (QED) is 0.439. The van der Waals surface area contributed by atoms with Crippen molar-refractivity contribution < 1.29 is 19.1 Å². The summed E-state index contributed by atoms with van der Waals surface area (Å²) in [6.45, 7) is 6.61. The number of hydrogen-bond donors (Lipinski definition) is 4. The number of nitrogens with zero attached hydrogens (tertiary/aromatic N) is 3. The molecule has 3 aliphatic rings. The highest BCUT2D eigenvalue weighted by Gasteiger charge is 2.45. The lowest BCUT2D eigenvalue weighted by atomic mass is 10.0. The van der Waals surface area contributed by atoms with Crippen LogP contribution >= 0.6 is 0 Å². The van der Waals surface area contributed by atoms with Gasteiger partial charge in [-0.15, -0.1) is 0 Å². The topological polar surface area (TPSA) is 122 Å². The van der Waals surface area contributed by atoms with Crippen LogP contribution in [0.1, 0.15) is 33.5 Å². The van der Waals surface area contributed by atoms with Crippen LogP contribution in [-0.2, 0) is 4.79 Å². The molecule has 6 rings (SSSR count). The average molecular weight is 490 g/mol. The van der Waals surface area contributed by atoms with Gasteiger partial charge in [-0.2, -0.15) is 5.10 Å². The normalized spacial score (nSPS) is 22.4. The van der Waals surface area contributed by atoms with Crippen molar-refractivity contribution >= 4 is 23.3 Å². The SMILES string of the molecule is Cc1cc(NC(=O)c2ccc3c(c2)OCO3)n(C2NC(=O)C3CNN(c4cccc(C)c4C)C3N2)n1. The van der Waals surface area contributed by atoms with Gasteiger partial charge in [0.15, 0.2) is 17.8 Å². The van der Waals surface area contributed by atoms with Gasteiger partial charge in [-0.1, -0.05) is 12.1 Å². The van der Waals surface area contributed by atoms with E-state index in [0.29, 0.717) is 35.1 Å². The van der Waals surface area contributed by atoms with Crippen LogP contribution in [0.2, 0.25) is 0 Å². The Morgan fingerprint density at radius 2 is 1.94 bits per heavy atom. The van der Waals surface area contributed by atoms with Gasteiger partial charge >= 0.3 is 0 Å². The highest BCUT2D eigenvalue weighted by Crippen LogP contribution is 2.33. The van der Waals surface area contributed by atoms with Crippen LogP contribution < -0.4 is 35.9 Å². The zero-order valence-corrected chi connectivity index (χ0v) is 20.2. The van der Waals surface area contributed by atoms with Crippen LogP contribution in [-0.4, -0.2) is 41.1 Å². The maximum absolute atomic E-state index is 13.1. The maximum atomic E-state index is 13.1. The third-order valence-electron chi connectivity index (χ3n) is 6.90. The van der Waals surface area contributed by atoms with Crippen molar-refractivity contribution in [1.29, 1.82) is 0 Å². The minimum absolute atomic E-state index is 0.0924. The van der Waals surface area contributed by atoms with E-state index in [-0.39, 0.29) is 30.7 Å². The number of aromatic nitrogens is 2. The van der Waals surface area contributed by atoms with E-state index in [2.05, 4.69) is 46.4 Å². The molecule has 11 nitrogen and oxygen atoms in total. The summed E-state index contributed by atoms with van der Waals surface area (Å²) in [4.78, 5) is 26.1. The molecule has 2 aromatic carbocycles. The summed E-state index contributed by atoms with van der Waals surface area (Å²) in [7, 11) is 0. The second kappa shape index (κ2) is 8.54. The molecule has 0 aliphatic carbocycles. The van der Waals surface area contributed by atoms with Gasteiger partial charge in [0, 0.05) is 18.2 Å². The standard InChI is InChI=1S/C25H27N7O4/c1-13-5-4-6-18(15(13)3)31-22-17(11-26-31)24(34)29-25(28-22)32-21(9-14(2)30-32)27-23(33)16-7-8-19-20(10-16)36-12-35-19/h4-10,17,22,25-26,28H,11-12H2,1-3H3,(H,27,33)(H,29,34). The Labute approximate surface area is 207 Å². The Bertz CT molecular complexity index is 1370. The third-order valence-corrected chi connectivity index (χ3v) is 6.90. The predicted octanol–water partition coefficient (Wildman–Crippen LogP) is 1.93. The average Bonchev–Trinajstić information content (AvgIpc) is 3.58. The highest BCUT2D eigenvalue weighted by atomic mass is 16.7. The first-order chi connectivity index (χ1) is 17.4. The number of anilines is 2. The number of ether oxygens (including phenoxy) is 2. The van der Waals surface area contributed by atoms with E-state index in [1.54, 1.807) is 28.9 Å². The number of amides is 2. The Hall–Kier alpha value is -4.09. The summed E-state index contributed by atoms with van der Waals surface area (Å²) in [5.74, 6) is 0.883. The molecule has 4 N–H and O–H groups in total. The number of aryl methyl sites for hydroxylation is 2. The Morgan fingerprint density at radius 3 is 2.81 bits per heavy atom. The van der Waals surface area contributed by atoms with Crippen molar-refractivity contribution in [3.05, 3.63) is 64.8 Å². The van der Waals surface area contributed by atoms with Gasteiger partial charge < -0.3 is 20.1 Å². The zero-order chi connectivity index (χ0) is 25.0. The molecule has 36 heavy (non-hydrogen) atoms. The number of fused-ring (bicyclic) bond motifs is 2. The lowest BCUT2D eigenvalue weighted by molar-refractivity contribution is -0.129. The van der Waals surface area contributed by atoms with Crippen LogP contribution in [0.25, 0.3) is 0 Å². The largest absolute Gasteiger partial charge is 0.454 e. The molecule has 4 heterocycles. The van der Waals surface area contributed by atoms with Gasteiger partial charge in [0.25, 0.3) is 5.91 Å². The highest BCUT2D eigenvalue weighted by molar-refractivity contribution is 6.04. The lowest BCUT2D eigenvalue weighted by Gasteiger charge is -2.38. The van der Waals surface area contributed by atoms with Gasteiger partial charge in [-0.3, -0.25) is 19.9 Å². The molecule has 11 heteroatoms. The second-order valence-electron chi connectivity index (χ2n) is 9.22. The minimum Gasteiger partial charge on any atom is -0.454 e. The predicted molar refractivity (Wildman–Crippen MR) is 131 cm³/mol. The molecule has 186 valence electrons. The molecule has 0 spiro atoms. The van der Waals surface area contributed by atoms with E-state index in [9.17, 15) is 9.59 Å². The molecule has 3 unspecified atom stereocenters. The maximum Gasteiger partial charge on any atom is 0.256 e. The fraction of sp³-hybridized carbons (Fsp3) is 0.320. The van der Waals surface area contributed by atoms with E-state index >= 15 is 0 Å². The molecule has 0 radical (unpaired) electrons. The molecule has 3 aliphatic heterocycles. The summed E-state index contributed by atoms with van der Waals surface area (Å²) in [6, 6.07) is 12.9. The van der Waals surface area contributed by atoms with Crippen LogP contribution in [0, 0.1) is 26.7 Å². The van der Waals surface area contributed by atoms with Crippen molar-refractivity contribution in [3.8, 4) is 11.5 Å². The number of hydrogen-bond acceptors (Lipinski definition) is 8. The van der Waals surface area contributed by atoms with Gasteiger partial charge in [0.1, 0.15) is 12.0 Å². The molecule has 3 atom stereocenters. The molecular weight excluding hydrogens is 462 g/mol. The van der Waals surface area contributed by atoms with Crippen LogP contribution in [0.4, 0.5) is 11.5 Å². The summed E-state index contributed by atoms with van der Waals surface area (Å²) in [6.07, 6.45) is -0.960. The molecule has 3 aromatic rings. The smallest absolute Gasteiger partial charge is 0.256 e. The Balaban J connectivity index is 1.26. The first-order valence-corrected chi connectivity index (χ1v) is 11.8. The summed E-state index contributed by atoms with van der Waals surface area (Å²) in [5, 5.41) is 16.0. The van der Waals surface area contributed by atoms with Crippen molar-refractivity contribution in [2.24, 2.45) is 5.92 Å². The Kier molecular flexibility index (Phi) is 5.31. The van der Waals surface area contributed by atoms with Gasteiger partial charge in [-0.25, -0.2) is 10.1 Å². The fourth-order valence-electron chi connectivity index (χ4n) is 4.86. The number of hydrazine groups is 1. The zero-order valence-electron chi connectivity index (χ0n) is 20.2. The summed E-state index contributed by atoms with van der Waals surface area (Å²) >= 11 is 0. The van der Waals surface area contributed by atoms with E-state index in [1.165, 1.54) is 5.56 Å². The van der Waals surface area contributed by atoms with E-state index < -0.39 is 6.29 Å². The van der Waals surface area contributed by atoms with E-state index in [0.717, 1.165) is 11.3 Å². The number of nitrogens with one attached hydrogen (secondary N) is 4. The lowest BCUT2D eigenvalue weighted by Crippen LogP contribution is -2.62. The number of carbonyl (C=O) groups excluding carboxylic acids is 2. The van der Waals surface area contributed by atoms with Crippen molar-refractivity contribution in [1.82, 2.24) is 25.8 Å². The van der Waals surface area contributed by atoms with Crippen LogP contribution in [0.5, 0.6) is 11.5 Å². The summed E-state index contributed by atoms with van der Waals surface area (Å²) < 4.78 is 12.3. The first-order valence-electron chi connectivity index (χ1n) is 11.8. The monoisotopic (exact) mass is 489 g/mol. The summed E-state index contributed by atoms with van der Waals surface area (Å²) in [5.41, 5.74) is 7.81. The second-order valence-corrected chi connectivity index (χ2v) is 9.22. The van der Waals surface area contributed by atoms with E-state index in [4.69, 9.17) is 9.47 Å². The van der Waals surface area contributed by atoms with Crippen LogP contribution in [0.3, 0.4) is 0 Å². The van der Waals surface area contributed by atoms with Crippen LogP contribution in [0.15, 0.2) is 42.5 Å². The molecule has 2 amide bonds. The van der Waals surface area contributed by atoms with E-state index in [1.807, 2.05) is 24.1 Å². The number of benzene rings is 2. The molecule has 2 saturated heterocycles. The molecule has 0 saturated carbocycles. The van der Waals surface area contributed by atoms with Crippen molar-refractivity contribution in [3.63, 3.8) is 0 Å². The fourth-order valence-corrected chi connectivity index (χ4v) is 4.86. The van der Waals surface area contributed by atoms with Gasteiger partial charge in [0.05, 0.1) is 17.3 Å². The Morgan fingerprint density at radius 1 is 1.11 bits per heavy atom. The minimum atomic E-state index is -0.660. The number of carbonyl (C=O) groups is 2. The molecular formula is C25H27N7O4. The first kappa shape index (κ1) is 22.4. The van der Waals surface area contributed by atoms with Crippen molar-refractivity contribution in [2.75, 3.05) is 23.7 Å². The number of rotatable bonds is 4. The molecule has 1 aromatic heterocycles. The van der Waals surface area contributed by atoms with Gasteiger partial charge in [-0.05, 0) is 56.2 Å². The molecule has 2 fully saturated rings.